The highest BCUT2D eigenvalue weighted by molar-refractivity contribution is 5.89. The molecule has 0 aromatic rings. The first-order valence-corrected chi connectivity index (χ1v) is 8.12. The van der Waals surface area contributed by atoms with Crippen molar-refractivity contribution in [3.63, 3.8) is 0 Å². The van der Waals surface area contributed by atoms with E-state index in [1.807, 2.05) is 6.08 Å². The maximum absolute atomic E-state index is 12.1. The Bertz CT molecular complexity index is 298. The lowest BCUT2D eigenvalue weighted by atomic mass is 9.86. The molecule has 1 amide bonds. The van der Waals surface area contributed by atoms with Gasteiger partial charge in [0, 0.05) is 12.1 Å². The molecule has 110 valence electrons. The van der Waals surface area contributed by atoms with Crippen molar-refractivity contribution in [3.05, 3.63) is 12.2 Å². The molecule has 0 spiro atoms. The Morgan fingerprint density at radius 1 is 1.11 bits per heavy atom. The van der Waals surface area contributed by atoms with E-state index < -0.39 is 0 Å². The zero-order valence-corrected chi connectivity index (χ0v) is 13.1. The van der Waals surface area contributed by atoms with Crippen molar-refractivity contribution in [3.8, 4) is 0 Å². The lowest BCUT2D eigenvalue weighted by Crippen LogP contribution is -2.50. The predicted octanol–water partition coefficient (Wildman–Crippen LogP) is 4.69. The molecule has 1 atom stereocenters. The third-order valence-corrected chi connectivity index (χ3v) is 4.30. The van der Waals surface area contributed by atoms with Crippen LogP contribution in [0.4, 0.5) is 0 Å². The SMILES string of the molecule is CCCCCCCC(C)(CCC)N1CCC=CC1=O. The molecule has 1 rings (SSSR count). The van der Waals surface area contributed by atoms with Gasteiger partial charge in [-0.15, -0.1) is 0 Å². The summed E-state index contributed by atoms with van der Waals surface area (Å²) in [5, 5.41) is 0. The molecule has 1 heterocycles. The van der Waals surface area contributed by atoms with Crippen LogP contribution in [0.3, 0.4) is 0 Å². The summed E-state index contributed by atoms with van der Waals surface area (Å²) >= 11 is 0. The second kappa shape index (κ2) is 8.39. The third kappa shape index (κ3) is 5.00. The first-order chi connectivity index (χ1) is 9.14. The van der Waals surface area contributed by atoms with Gasteiger partial charge in [-0.25, -0.2) is 0 Å². The molecule has 0 saturated carbocycles. The maximum Gasteiger partial charge on any atom is 0.246 e. The van der Waals surface area contributed by atoms with Gasteiger partial charge in [0.25, 0.3) is 0 Å². The van der Waals surface area contributed by atoms with E-state index in [0.717, 1.165) is 32.2 Å². The van der Waals surface area contributed by atoms with Crippen molar-refractivity contribution in [2.24, 2.45) is 0 Å². The Labute approximate surface area is 119 Å². The summed E-state index contributed by atoms with van der Waals surface area (Å²) in [5.74, 6) is 0.218. The van der Waals surface area contributed by atoms with Gasteiger partial charge in [-0.05, 0) is 32.3 Å². The lowest BCUT2D eigenvalue weighted by Gasteiger charge is -2.42. The molecule has 19 heavy (non-hydrogen) atoms. The van der Waals surface area contributed by atoms with E-state index in [4.69, 9.17) is 0 Å². The molecule has 0 aliphatic carbocycles. The summed E-state index contributed by atoms with van der Waals surface area (Å²) in [5.41, 5.74) is 0.0722. The molecule has 0 aromatic carbocycles. The topological polar surface area (TPSA) is 20.3 Å². The van der Waals surface area contributed by atoms with Crippen LogP contribution >= 0.6 is 0 Å². The van der Waals surface area contributed by atoms with Crippen molar-refractivity contribution in [1.82, 2.24) is 4.90 Å². The fourth-order valence-corrected chi connectivity index (χ4v) is 3.17. The Balaban J connectivity index is 2.52. The van der Waals surface area contributed by atoms with E-state index in [2.05, 4.69) is 25.7 Å². The number of amides is 1. The first-order valence-electron chi connectivity index (χ1n) is 8.12. The quantitative estimate of drug-likeness (QED) is 0.554. The average Bonchev–Trinajstić information content (AvgIpc) is 2.39. The van der Waals surface area contributed by atoms with Gasteiger partial charge in [0.15, 0.2) is 0 Å². The number of carbonyl (C=O) groups is 1. The average molecular weight is 265 g/mol. The molecule has 0 fully saturated rings. The van der Waals surface area contributed by atoms with Gasteiger partial charge in [0.2, 0.25) is 5.91 Å². The Hall–Kier alpha value is -0.790. The summed E-state index contributed by atoms with van der Waals surface area (Å²) in [6.45, 7) is 7.66. The zero-order chi connectivity index (χ0) is 14.1. The van der Waals surface area contributed by atoms with Crippen LogP contribution in [0.1, 0.15) is 78.6 Å². The summed E-state index contributed by atoms with van der Waals surface area (Å²) in [6.07, 6.45) is 14.8. The van der Waals surface area contributed by atoms with E-state index in [0.29, 0.717) is 0 Å². The van der Waals surface area contributed by atoms with Gasteiger partial charge < -0.3 is 4.90 Å². The number of rotatable bonds is 9. The van der Waals surface area contributed by atoms with Crippen LogP contribution in [0, 0.1) is 0 Å². The molecule has 2 heteroatoms. The zero-order valence-electron chi connectivity index (χ0n) is 13.1. The maximum atomic E-state index is 12.1. The minimum atomic E-state index is 0.0722. The van der Waals surface area contributed by atoms with Gasteiger partial charge in [0.1, 0.15) is 0 Å². The molecule has 2 nitrogen and oxygen atoms in total. The second-order valence-electron chi connectivity index (χ2n) is 6.09. The number of carbonyl (C=O) groups excluding carboxylic acids is 1. The van der Waals surface area contributed by atoms with Crippen molar-refractivity contribution >= 4 is 5.91 Å². The van der Waals surface area contributed by atoms with E-state index >= 15 is 0 Å². The van der Waals surface area contributed by atoms with Crippen LogP contribution < -0.4 is 0 Å². The van der Waals surface area contributed by atoms with Crippen LogP contribution in [-0.4, -0.2) is 22.9 Å². The summed E-state index contributed by atoms with van der Waals surface area (Å²) in [4.78, 5) is 14.2. The van der Waals surface area contributed by atoms with E-state index in [-0.39, 0.29) is 11.4 Å². The molecular weight excluding hydrogens is 234 g/mol. The minimum absolute atomic E-state index is 0.0722. The van der Waals surface area contributed by atoms with E-state index in [9.17, 15) is 4.79 Å². The molecule has 0 bridgehead atoms. The van der Waals surface area contributed by atoms with Crippen LogP contribution in [0.15, 0.2) is 12.2 Å². The van der Waals surface area contributed by atoms with Crippen molar-refractivity contribution in [1.29, 1.82) is 0 Å². The highest BCUT2D eigenvalue weighted by Crippen LogP contribution is 2.30. The summed E-state index contributed by atoms with van der Waals surface area (Å²) in [7, 11) is 0. The van der Waals surface area contributed by atoms with Crippen LogP contribution in [0.25, 0.3) is 0 Å². The fourth-order valence-electron chi connectivity index (χ4n) is 3.17. The Kier molecular flexibility index (Phi) is 7.19. The lowest BCUT2D eigenvalue weighted by molar-refractivity contribution is -0.133. The molecular formula is C17H31NO. The summed E-state index contributed by atoms with van der Waals surface area (Å²) < 4.78 is 0. The molecule has 0 saturated heterocycles. The van der Waals surface area contributed by atoms with E-state index in [1.54, 1.807) is 6.08 Å². The van der Waals surface area contributed by atoms with E-state index in [1.165, 1.54) is 32.1 Å². The molecule has 1 aliphatic rings. The van der Waals surface area contributed by atoms with Crippen LogP contribution in [0.5, 0.6) is 0 Å². The normalized spacial score (nSPS) is 18.7. The van der Waals surface area contributed by atoms with Gasteiger partial charge in [-0.1, -0.05) is 58.4 Å². The van der Waals surface area contributed by atoms with Crippen molar-refractivity contribution < 1.29 is 4.79 Å². The van der Waals surface area contributed by atoms with Crippen LogP contribution in [0.2, 0.25) is 0 Å². The molecule has 1 unspecified atom stereocenters. The number of unbranched alkanes of at least 4 members (excludes halogenated alkanes) is 4. The highest BCUT2D eigenvalue weighted by atomic mass is 16.2. The number of nitrogens with zero attached hydrogens (tertiary/aromatic N) is 1. The monoisotopic (exact) mass is 265 g/mol. The number of hydrogen-bond donors (Lipinski definition) is 0. The Morgan fingerprint density at radius 3 is 2.47 bits per heavy atom. The van der Waals surface area contributed by atoms with Gasteiger partial charge in [0.05, 0.1) is 0 Å². The van der Waals surface area contributed by atoms with Crippen molar-refractivity contribution in [2.45, 2.75) is 84.1 Å². The number of hydrogen-bond acceptors (Lipinski definition) is 1. The summed E-state index contributed by atoms with van der Waals surface area (Å²) in [6, 6.07) is 0. The first kappa shape index (κ1) is 16.3. The van der Waals surface area contributed by atoms with Crippen molar-refractivity contribution in [2.75, 3.05) is 6.54 Å². The molecule has 0 N–H and O–H groups in total. The molecule has 0 radical (unpaired) electrons. The minimum Gasteiger partial charge on any atom is -0.333 e. The molecule has 1 aliphatic heterocycles. The third-order valence-electron chi connectivity index (χ3n) is 4.30. The Morgan fingerprint density at radius 2 is 1.84 bits per heavy atom. The second-order valence-corrected chi connectivity index (χ2v) is 6.09. The van der Waals surface area contributed by atoms with Gasteiger partial charge >= 0.3 is 0 Å². The van der Waals surface area contributed by atoms with Crippen LogP contribution in [-0.2, 0) is 4.79 Å². The predicted molar refractivity (Wildman–Crippen MR) is 82.2 cm³/mol. The molecule has 0 aromatic heterocycles. The smallest absolute Gasteiger partial charge is 0.246 e. The largest absolute Gasteiger partial charge is 0.333 e. The van der Waals surface area contributed by atoms with Gasteiger partial charge in [-0.3, -0.25) is 4.79 Å². The van der Waals surface area contributed by atoms with Gasteiger partial charge in [-0.2, -0.15) is 0 Å². The fraction of sp³-hybridized carbons (Fsp3) is 0.824. The highest BCUT2D eigenvalue weighted by Gasteiger charge is 2.33. The standard InChI is InChI=1S/C17H31NO/c1-4-6-7-8-10-14-17(3,13-5-2)18-15-11-9-12-16(18)19/h9,12H,4-8,10-11,13-15H2,1-3H3.